The highest BCUT2D eigenvalue weighted by molar-refractivity contribution is 7.09. The summed E-state index contributed by atoms with van der Waals surface area (Å²) in [5.41, 5.74) is 3.97. The molecule has 0 bridgehead atoms. The van der Waals surface area contributed by atoms with Crippen LogP contribution < -0.4 is 5.32 Å². The molecule has 0 aliphatic carbocycles. The van der Waals surface area contributed by atoms with Crippen LogP contribution in [0.25, 0.3) is 11.3 Å². The van der Waals surface area contributed by atoms with Crippen molar-refractivity contribution in [1.29, 1.82) is 0 Å². The molecule has 1 amide bonds. The maximum atomic E-state index is 11.9. The van der Waals surface area contributed by atoms with Crippen molar-refractivity contribution < 1.29 is 4.79 Å². The van der Waals surface area contributed by atoms with Crippen molar-refractivity contribution in [1.82, 2.24) is 15.3 Å². The maximum Gasteiger partial charge on any atom is 0.251 e. The monoisotopic (exact) mass is 323 g/mol. The number of aromatic nitrogens is 2. The number of hydrogen-bond donors (Lipinski definition) is 1. The number of aryl methyl sites for hydroxylation is 1. The molecule has 1 aromatic carbocycles. The molecule has 0 saturated heterocycles. The highest BCUT2D eigenvalue weighted by Crippen LogP contribution is 2.21. The molecule has 0 aliphatic rings. The van der Waals surface area contributed by atoms with E-state index in [-0.39, 0.29) is 5.91 Å². The van der Waals surface area contributed by atoms with Gasteiger partial charge in [0.25, 0.3) is 5.91 Å². The van der Waals surface area contributed by atoms with Gasteiger partial charge in [-0.1, -0.05) is 24.3 Å². The summed E-state index contributed by atoms with van der Waals surface area (Å²) in [6.07, 6.45) is 4.04. The summed E-state index contributed by atoms with van der Waals surface area (Å²) in [5, 5.41) is 6.06. The molecule has 1 N–H and O–H groups in total. The molecule has 0 spiro atoms. The molecule has 5 heteroatoms. The van der Waals surface area contributed by atoms with E-state index in [1.54, 1.807) is 35.9 Å². The summed E-state index contributed by atoms with van der Waals surface area (Å²) in [6, 6.07) is 11.7. The van der Waals surface area contributed by atoms with Crippen LogP contribution in [0, 0.1) is 6.92 Å². The first-order chi connectivity index (χ1) is 11.2. The number of nitrogens with one attached hydrogen (secondary N) is 1. The van der Waals surface area contributed by atoms with E-state index in [2.05, 4.69) is 44.9 Å². The number of rotatable bonds is 5. The van der Waals surface area contributed by atoms with Gasteiger partial charge >= 0.3 is 0 Å². The van der Waals surface area contributed by atoms with Crippen molar-refractivity contribution in [2.75, 3.05) is 6.54 Å². The number of pyridine rings is 1. The highest BCUT2D eigenvalue weighted by atomic mass is 32.1. The van der Waals surface area contributed by atoms with Gasteiger partial charge in [-0.05, 0) is 31.0 Å². The molecule has 23 heavy (non-hydrogen) atoms. The number of benzene rings is 1. The Hall–Kier alpha value is -2.53. The second-order valence-corrected chi connectivity index (χ2v) is 6.25. The SMILES string of the molecule is Cc1nc(-c2ccc(CCNC(=O)c3ccncc3)cc2)cs1. The number of hydrogen-bond acceptors (Lipinski definition) is 4. The summed E-state index contributed by atoms with van der Waals surface area (Å²) >= 11 is 1.66. The van der Waals surface area contributed by atoms with Gasteiger partial charge in [0.05, 0.1) is 10.7 Å². The molecule has 0 atom stereocenters. The van der Waals surface area contributed by atoms with E-state index in [4.69, 9.17) is 0 Å². The van der Waals surface area contributed by atoms with Gasteiger partial charge in [-0.25, -0.2) is 4.98 Å². The van der Waals surface area contributed by atoms with Crippen LogP contribution in [0.1, 0.15) is 20.9 Å². The minimum atomic E-state index is -0.0676. The van der Waals surface area contributed by atoms with Crippen molar-refractivity contribution in [3.05, 3.63) is 70.3 Å². The van der Waals surface area contributed by atoms with Gasteiger partial charge in [0, 0.05) is 35.4 Å². The van der Waals surface area contributed by atoms with E-state index in [1.165, 1.54) is 5.56 Å². The lowest BCUT2D eigenvalue weighted by atomic mass is 10.1. The van der Waals surface area contributed by atoms with Gasteiger partial charge < -0.3 is 5.32 Å². The molecule has 2 heterocycles. The number of carbonyl (C=O) groups excluding carboxylic acids is 1. The lowest BCUT2D eigenvalue weighted by molar-refractivity contribution is 0.0954. The van der Waals surface area contributed by atoms with E-state index in [9.17, 15) is 4.79 Å². The molecule has 0 saturated carbocycles. The quantitative estimate of drug-likeness (QED) is 0.782. The Labute approximate surface area is 139 Å². The second-order valence-electron chi connectivity index (χ2n) is 5.19. The summed E-state index contributed by atoms with van der Waals surface area (Å²) in [5.74, 6) is -0.0676. The minimum Gasteiger partial charge on any atom is -0.352 e. The summed E-state index contributed by atoms with van der Waals surface area (Å²) in [4.78, 5) is 20.3. The van der Waals surface area contributed by atoms with E-state index < -0.39 is 0 Å². The van der Waals surface area contributed by atoms with Crippen LogP contribution in [-0.4, -0.2) is 22.4 Å². The first kappa shape index (κ1) is 15.4. The Kier molecular flexibility index (Phi) is 4.78. The lowest BCUT2D eigenvalue weighted by Gasteiger charge is -2.06. The average molecular weight is 323 g/mol. The van der Waals surface area contributed by atoms with Gasteiger partial charge in [0.2, 0.25) is 0 Å². The molecular formula is C18H17N3OS. The van der Waals surface area contributed by atoms with Gasteiger partial charge in [-0.15, -0.1) is 11.3 Å². The van der Waals surface area contributed by atoms with Crippen LogP contribution in [-0.2, 0) is 6.42 Å². The molecule has 116 valence electrons. The highest BCUT2D eigenvalue weighted by Gasteiger charge is 2.05. The molecular weight excluding hydrogens is 306 g/mol. The topological polar surface area (TPSA) is 54.9 Å². The predicted octanol–water partition coefficient (Wildman–Crippen LogP) is 3.49. The van der Waals surface area contributed by atoms with Crippen LogP contribution in [0.5, 0.6) is 0 Å². The fraction of sp³-hybridized carbons (Fsp3) is 0.167. The Bertz CT molecular complexity index is 782. The Morgan fingerprint density at radius 1 is 1.13 bits per heavy atom. The van der Waals surface area contributed by atoms with E-state index in [1.807, 2.05) is 6.92 Å². The third-order valence-corrected chi connectivity index (χ3v) is 4.28. The fourth-order valence-electron chi connectivity index (χ4n) is 2.26. The summed E-state index contributed by atoms with van der Waals surface area (Å²) < 4.78 is 0. The fourth-order valence-corrected chi connectivity index (χ4v) is 2.89. The van der Waals surface area contributed by atoms with E-state index >= 15 is 0 Å². The minimum absolute atomic E-state index is 0.0676. The number of nitrogens with zero attached hydrogens (tertiary/aromatic N) is 2. The van der Waals surface area contributed by atoms with Crippen molar-refractivity contribution in [3.63, 3.8) is 0 Å². The van der Waals surface area contributed by atoms with Gasteiger partial charge in [-0.2, -0.15) is 0 Å². The molecule has 0 radical (unpaired) electrons. The summed E-state index contributed by atoms with van der Waals surface area (Å²) in [7, 11) is 0. The Balaban J connectivity index is 1.54. The van der Waals surface area contributed by atoms with Gasteiger partial charge in [0.1, 0.15) is 0 Å². The van der Waals surface area contributed by atoms with Gasteiger partial charge in [-0.3, -0.25) is 9.78 Å². The molecule has 0 aliphatic heterocycles. The number of carbonyl (C=O) groups is 1. The molecule has 2 aromatic heterocycles. The van der Waals surface area contributed by atoms with E-state index in [0.717, 1.165) is 22.7 Å². The molecule has 4 nitrogen and oxygen atoms in total. The molecule has 0 unspecified atom stereocenters. The third-order valence-electron chi connectivity index (χ3n) is 3.51. The number of thiazole rings is 1. The summed E-state index contributed by atoms with van der Waals surface area (Å²) in [6.45, 7) is 2.62. The van der Waals surface area contributed by atoms with Gasteiger partial charge in [0.15, 0.2) is 0 Å². The number of amides is 1. The van der Waals surface area contributed by atoms with Crippen molar-refractivity contribution in [2.24, 2.45) is 0 Å². The first-order valence-corrected chi connectivity index (χ1v) is 8.30. The van der Waals surface area contributed by atoms with Crippen LogP contribution in [0.15, 0.2) is 54.2 Å². The Morgan fingerprint density at radius 3 is 2.52 bits per heavy atom. The zero-order valence-electron chi connectivity index (χ0n) is 12.8. The zero-order chi connectivity index (χ0) is 16.1. The van der Waals surface area contributed by atoms with Crippen LogP contribution in [0.2, 0.25) is 0 Å². The zero-order valence-corrected chi connectivity index (χ0v) is 13.6. The first-order valence-electron chi connectivity index (χ1n) is 7.42. The lowest BCUT2D eigenvalue weighted by Crippen LogP contribution is -2.25. The molecule has 3 aromatic rings. The predicted molar refractivity (Wildman–Crippen MR) is 92.6 cm³/mol. The Morgan fingerprint density at radius 2 is 1.87 bits per heavy atom. The smallest absolute Gasteiger partial charge is 0.251 e. The second kappa shape index (κ2) is 7.15. The van der Waals surface area contributed by atoms with Crippen molar-refractivity contribution in [2.45, 2.75) is 13.3 Å². The largest absolute Gasteiger partial charge is 0.352 e. The van der Waals surface area contributed by atoms with E-state index in [0.29, 0.717) is 12.1 Å². The van der Waals surface area contributed by atoms with Crippen molar-refractivity contribution >= 4 is 17.2 Å². The third kappa shape index (κ3) is 4.02. The van der Waals surface area contributed by atoms with Crippen molar-refractivity contribution in [3.8, 4) is 11.3 Å². The van der Waals surface area contributed by atoms with Crippen LogP contribution in [0.3, 0.4) is 0 Å². The van der Waals surface area contributed by atoms with Crippen LogP contribution >= 0.6 is 11.3 Å². The average Bonchev–Trinajstić information content (AvgIpc) is 3.03. The normalized spacial score (nSPS) is 10.5. The molecule has 0 fully saturated rings. The maximum absolute atomic E-state index is 11.9. The molecule has 3 rings (SSSR count). The standard InChI is InChI=1S/C18H17N3OS/c1-13-21-17(12-23-13)15-4-2-14(3-5-15)6-11-20-18(22)16-7-9-19-10-8-16/h2-5,7-10,12H,6,11H2,1H3,(H,20,22). The van der Waals surface area contributed by atoms with Crippen LogP contribution in [0.4, 0.5) is 0 Å².